The van der Waals surface area contributed by atoms with Crippen LogP contribution in [0.25, 0.3) is 0 Å². The second-order valence-electron chi connectivity index (χ2n) is 2.89. The van der Waals surface area contributed by atoms with E-state index in [0.717, 1.165) is 12.5 Å². The molecule has 0 fully saturated rings. The highest BCUT2D eigenvalue weighted by Crippen LogP contribution is 2.06. The van der Waals surface area contributed by atoms with E-state index in [4.69, 9.17) is 0 Å². The molecule has 2 nitrogen and oxygen atoms in total. The third-order valence-corrected chi connectivity index (χ3v) is 2.35. The van der Waals surface area contributed by atoms with Crippen LogP contribution in [0.1, 0.15) is 20.3 Å². The molecule has 3 heteroatoms. The predicted molar refractivity (Wildman–Crippen MR) is 54.4 cm³/mol. The van der Waals surface area contributed by atoms with E-state index in [1.165, 1.54) is 9.99 Å². The Labute approximate surface area is 81.1 Å². The molecular formula is C8H13IN2. The van der Waals surface area contributed by atoms with E-state index in [1.807, 2.05) is 10.9 Å². The molecule has 1 heterocycles. The largest absolute Gasteiger partial charge is 0.271 e. The van der Waals surface area contributed by atoms with Crippen molar-refractivity contribution in [2.45, 2.75) is 26.8 Å². The van der Waals surface area contributed by atoms with Crippen molar-refractivity contribution < 1.29 is 0 Å². The zero-order valence-electron chi connectivity index (χ0n) is 6.92. The van der Waals surface area contributed by atoms with Gasteiger partial charge in [0, 0.05) is 12.7 Å². The van der Waals surface area contributed by atoms with Gasteiger partial charge in [-0.3, -0.25) is 4.68 Å². The molecule has 0 aliphatic rings. The van der Waals surface area contributed by atoms with Crippen molar-refractivity contribution >= 4 is 22.6 Å². The third-order valence-electron chi connectivity index (χ3n) is 1.80. The van der Waals surface area contributed by atoms with E-state index in [1.54, 1.807) is 0 Å². The van der Waals surface area contributed by atoms with Crippen LogP contribution in [0.4, 0.5) is 0 Å². The van der Waals surface area contributed by atoms with Gasteiger partial charge in [0.25, 0.3) is 0 Å². The molecule has 1 rings (SSSR count). The Bertz CT molecular complexity index is 220. The number of aromatic nitrogens is 2. The van der Waals surface area contributed by atoms with E-state index in [-0.39, 0.29) is 0 Å². The lowest BCUT2D eigenvalue weighted by Crippen LogP contribution is -2.06. The van der Waals surface area contributed by atoms with Gasteiger partial charge >= 0.3 is 0 Å². The van der Waals surface area contributed by atoms with Crippen LogP contribution in [0.5, 0.6) is 0 Å². The lowest BCUT2D eigenvalue weighted by Gasteiger charge is -2.06. The van der Waals surface area contributed by atoms with Gasteiger partial charge in [-0.25, -0.2) is 0 Å². The summed E-state index contributed by atoms with van der Waals surface area (Å²) in [5.74, 6) is 0.727. The fraction of sp³-hybridized carbons (Fsp3) is 0.625. The van der Waals surface area contributed by atoms with Crippen LogP contribution in [0.15, 0.2) is 12.4 Å². The van der Waals surface area contributed by atoms with Gasteiger partial charge in [-0.05, 0) is 28.5 Å². The number of rotatable bonds is 3. The molecule has 0 saturated carbocycles. The number of hydrogen-bond acceptors (Lipinski definition) is 1. The summed E-state index contributed by atoms with van der Waals surface area (Å²) in [7, 11) is 0. The van der Waals surface area contributed by atoms with Crippen LogP contribution in [-0.4, -0.2) is 9.78 Å². The minimum atomic E-state index is 0.727. The lowest BCUT2D eigenvalue weighted by atomic mass is 10.1. The van der Waals surface area contributed by atoms with Crippen LogP contribution in [0, 0.1) is 9.49 Å². The van der Waals surface area contributed by atoms with Gasteiger partial charge in [0.2, 0.25) is 0 Å². The van der Waals surface area contributed by atoms with Crippen molar-refractivity contribution in [1.82, 2.24) is 9.78 Å². The third kappa shape index (κ3) is 2.81. The number of hydrogen-bond donors (Lipinski definition) is 0. The highest BCUT2D eigenvalue weighted by molar-refractivity contribution is 14.1. The first-order valence-corrected chi connectivity index (χ1v) is 4.98. The molecule has 0 radical (unpaired) electrons. The molecule has 1 unspecified atom stereocenters. The molecule has 0 saturated heterocycles. The van der Waals surface area contributed by atoms with E-state index in [0.29, 0.717) is 0 Å². The Morgan fingerprint density at radius 2 is 2.45 bits per heavy atom. The van der Waals surface area contributed by atoms with E-state index >= 15 is 0 Å². The summed E-state index contributed by atoms with van der Waals surface area (Å²) in [6.45, 7) is 5.49. The van der Waals surface area contributed by atoms with Crippen molar-refractivity contribution in [1.29, 1.82) is 0 Å². The fourth-order valence-electron chi connectivity index (χ4n) is 0.887. The van der Waals surface area contributed by atoms with E-state index in [2.05, 4.69) is 47.7 Å². The highest BCUT2D eigenvalue weighted by Gasteiger charge is 2.00. The first kappa shape index (κ1) is 9.03. The Balaban J connectivity index is 2.50. The predicted octanol–water partition coefficient (Wildman–Crippen LogP) is 2.53. The molecule has 62 valence electrons. The molecule has 0 bridgehead atoms. The van der Waals surface area contributed by atoms with Crippen LogP contribution in [-0.2, 0) is 6.54 Å². The molecule has 0 aliphatic carbocycles. The first-order valence-electron chi connectivity index (χ1n) is 3.90. The van der Waals surface area contributed by atoms with Crippen molar-refractivity contribution in [3.05, 3.63) is 16.0 Å². The average molecular weight is 264 g/mol. The zero-order valence-corrected chi connectivity index (χ0v) is 9.08. The quantitative estimate of drug-likeness (QED) is 0.767. The summed E-state index contributed by atoms with van der Waals surface area (Å²) >= 11 is 2.28. The van der Waals surface area contributed by atoms with E-state index < -0.39 is 0 Å². The fourth-order valence-corrected chi connectivity index (χ4v) is 1.33. The normalized spacial score (nSPS) is 13.4. The van der Waals surface area contributed by atoms with Crippen molar-refractivity contribution in [2.24, 2.45) is 5.92 Å². The Morgan fingerprint density at radius 1 is 1.73 bits per heavy atom. The van der Waals surface area contributed by atoms with Crippen molar-refractivity contribution in [3.63, 3.8) is 0 Å². The summed E-state index contributed by atoms with van der Waals surface area (Å²) in [5.41, 5.74) is 0. The summed E-state index contributed by atoms with van der Waals surface area (Å²) in [6.07, 6.45) is 5.19. The molecule has 1 aromatic heterocycles. The van der Waals surface area contributed by atoms with Gasteiger partial charge in [-0.15, -0.1) is 0 Å². The van der Waals surface area contributed by atoms with Gasteiger partial charge in [0.15, 0.2) is 0 Å². The van der Waals surface area contributed by atoms with Gasteiger partial charge in [-0.2, -0.15) is 5.10 Å². The van der Waals surface area contributed by atoms with Gasteiger partial charge in [0.05, 0.1) is 9.77 Å². The molecular weight excluding hydrogens is 251 g/mol. The first-order chi connectivity index (χ1) is 5.22. The zero-order chi connectivity index (χ0) is 8.27. The maximum absolute atomic E-state index is 4.21. The number of nitrogens with zero attached hydrogens (tertiary/aromatic N) is 2. The minimum Gasteiger partial charge on any atom is -0.271 e. The molecule has 0 spiro atoms. The SMILES string of the molecule is CCC(C)Cn1cc(I)cn1. The second-order valence-corrected chi connectivity index (χ2v) is 4.14. The van der Waals surface area contributed by atoms with Crippen LogP contribution in [0.2, 0.25) is 0 Å². The summed E-state index contributed by atoms with van der Waals surface area (Å²) in [5, 5.41) is 4.21. The van der Waals surface area contributed by atoms with Crippen LogP contribution in [0.3, 0.4) is 0 Å². The maximum atomic E-state index is 4.21. The van der Waals surface area contributed by atoms with Gasteiger partial charge in [-0.1, -0.05) is 20.3 Å². The second kappa shape index (κ2) is 4.09. The average Bonchev–Trinajstić information content (AvgIpc) is 2.35. The molecule has 0 aliphatic heterocycles. The minimum absolute atomic E-state index is 0.727. The van der Waals surface area contributed by atoms with Crippen molar-refractivity contribution in [2.75, 3.05) is 0 Å². The lowest BCUT2D eigenvalue weighted by molar-refractivity contribution is 0.439. The Kier molecular flexibility index (Phi) is 3.36. The monoisotopic (exact) mass is 264 g/mol. The van der Waals surface area contributed by atoms with E-state index in [9.17, 15) is 0 Å². The van der Waals surface area contributed by atoms with Gasteiger partial charge in [0.1, 0.15) is 0 Å². The standard InChI is InChI=1S/C8H13IN2/c1-3-7(2)5-11-6-8(9)4-10-11/h4,6-7H,3,5H2,1-2H3. The molecule has 1 atom stereocenters. The molecule has 0 N–H and O–H groups in total. The highest BCUT2D eigenvalue weighted by atomic mass is 127. The topological polar surface area (TPSA) is 17.8 Å². The summed E-state index contributed by atoms with van der Waals surface area (Å²) in [4.78, 5) is 0. The molecule has 0 amide bonds. The van der Waals surface area contributed by atoms with Crippen LogP contribution >= 0.6 is 22.6 Å². The van der Waals surface area contributed by atoms with Gasteiger partial charge < -0.3 is 0 Å². The van der Waals surface area contributed by atoms with Crippen LogP contribution < -0.4 is 0 Å². The van der Waals surface area contributed by atoms with Crippen molar-refractivity contribution in [3.8, 4) is 0 Å². The Morgan fingerprint density at radius 3 is 2.91 bits per heavy atom. The number of halogens is 1. The molecule has 0 aromatic carbocycles. The summed E-state index contributed by atoms with van der Waals surface area (Å²) < 4.78 is 3.22. The maximum Gasteiger partial charge on any atom is 0.0623 e. The molecule has 1 aromatic rings. The smallest absolute Gasteiger partial charge is 0.0623 e. The summed E-state index contributed by atoms with van der Waals surface area (Å²) in [6, 6.07) is 0. The molecule has 11 heavy (non-hydrogen) atoms. The Hall–Kier alpha value is -0.0600.